The van der Waals surface area contributed by atoms with Gasteiger partial charge in [0.1, 0.15) is 29.4 Å². The van der Waals surface area contributed by atoms with Crippen molar-refractivity contribution in [2.45, 2.75) is 12.8 Å². The Balaban J connectivity index is 3.16. The number of allylic oxidation sites excluding steroid dienone is 7. The largest absolute Gasteiger partial charge is 0.258 e. The molecule has 0 bridgehead atoms. The molecule has 0 aromatic rings. The van der Waals surface area contributed by atoms with E-state index in [1.165, 1.54) is 12.2 Å². The highest BCUT2D eigenvalue weighted by Crippen LogP contribution is 2.35. The number of nitrogens with zero attached hydrogens (tertiary/aromatic N) is 3. The van der Waals surface area contributed by atoms with E-state index in [0.717, 1.165) is 5.57 Å². The van der Waals surface area contributed by atoms with Gasteiger partial charge >= 0.3 is 0 Å². The van der Waals surface area contributed by atoms with Crippen molar-refractivity contribution in [3.63, 3.8) is 0 Å². The molecular weight excluding hydrogens is 248 g/mol. The molecule has 5 heteroatoms. The van der Waals surface area contributed by atoms with E-state index in [1.807, 2.05) is 11.9 Å². The second kappa shape index (κ2) is 6.24. The monoisotopic (exact) mass is 254 g/mol. The molecule has 0 saturated heterocycles. The molecule has 18 heavy (non-hydrogen) atoms. The van der Waals surface area contributed by atoms with Gasteiger partial charge in [-0.1, -0.05) is 11.6 Å². The van der Waals surface area contributed by atoms with Crippen LogP contribution in [-0.4, -0.2) is 5.87 Å². The first-order valence-corrected chi connectivity index (χ1v) is 5.35. The second-order valence-electron chi connectivity index (χ2n) is 3.44. The highest BCUT2D eigenvalue weighted by atomic mass is 35.5. The molecule has 0 saturated carbocycles. The first kappa shape index (κ1) is 13.5. The van der Waals surface area contributed by atoms with Gasteiger partial charge < -0.3 is 0 Å². The van der Waals surface area contributed by atoms with Gasteiger partial charge in [0.05, 0.1) is 0 Å². The molecule has 0 fully saturated rings. The lowest BCUT2D eigenvalue weighted by molar-refractivity contribution is 1.03. The summed E-state index contributed by atoms with van der Waals surface area (Å²) in [5.41, 5.74) is 1.50. The van der Waals surface area contributed by atoms with Crippen molar-refractivity contribution in [2.24, 2.45) is 0 Å². The van der Waals surface area contributed by atoms with Crippen molar-refractivity contribution in [3.8, 4) is 18.2 Å². The van der Waals surface area contributed by atoms with Gasteiger partial charge in [0.2, 0.25) is 0 Å². The molecule has 1 N–H and O–H groups in total. The number of hydrogen-bond acceptors (Lipinski definition) is 4. The highest BCUT2D eigenvalue weighted by Gasteiger charge is 2.17. The van der Waals surface area contributed by atoms with Crippen LogP contribution in [0.3, 0.4) is 0 Å². The van der Waals surface area contributed by atoms with E-state index in [9.17, 15) is 0 Å². The summed E-state index contributed by atoms with van der Waals surface area (Å²) in [6.07, 6.45) is 4.16. The summed E-state index contributed by atoms with van der Waals surface area (Å²) < 4.78 is 0. The number of hydrogen-bond donors (Lipinski definition) is 1. The predicted octanol–water partition coefficient (Wildman–Crippen LogP) is 2.87. The molecule has 1 aliphatic rings. The standard InChI is InChI=1S/C13H7ClN4/c14-13-11(3-9(5-15)6-16)1-2-12(13)4-10(7-17)8-18/h3-4,15H,1-2H2/b11-3+. The molecular formula is C13H7ClN4. The average molecular weight is 255 g/mol. The van der Waals surface area contributed by atoms with Gasteiger partial charge in [-0.15, -0.1) is 0 Å². The van der Waals surface area contributed by atoms with Gasteiger partial charge in [0, 0.05) is 5.03 Å². The Morgan fingerprint density at radius 1 is 1.17 bits per heavy atom. The molecule has 4 nitrogen and oxygen atoms in total. The van der Waals surface area contributed by atoms with Crippen LogP contribution < -0.4 is 0 Å². The molecule has 0 radical (unpaired) electrons. The number of halogens is 1. The predicted molar refractivity (Wildman–Crippen MR) is 66.4 cm³/mol. The Morgan fingerprint density at radius 3 is 2.33 bits per heavy atom. The molecule has 0 amide bonds. The molecule has 0 atom stereocenters. The summed E-state index contributed by atoms with van der Waals surface area (Å²) >= 11 is 6.10. The molecule has 0 unspecified atom stereocenters. The Bertz CT molecular complexity index is 622. The van der Waals surface area contributed by atoms with Crippen LogP contribution >= 0.6 is 11.6 Å². The first-order valence-electron chi connectivity index (χ1n) is 4.97. The third-order valence-corrected chi connectivity index (χ3v) is 2.85. The van der Waals surface area contributed by atoms with Gasteiger partial charge in [-0.05, 0) is 42.0 Å². The zero-order valence-electron chi connectivity index (χ0n) is 9.29. The van der Waals surface area contributed by atoms with E-state index < -0.39 is 0 Å². The van der Waals surface area contributed by atoms with E-state index in [1.54, 1.807) is 12.1 Å². The molecule has 0 spiro atoms. The van der Waals surface area contributed by atoms with Gasteiger partial charge in [-0.25, -0.2) is 0 Å². The average Bonchev–Trinajstić information content (AvgIpc) is 2.74. The lowest BCUT2D eigenvalue weighted by atomic mass is 10.1. The van der Waals surface area contributed by atoms with Crippen LogP contribution in [0.1, 0.15) is 12.8 Å². The highest BCUT2D eigenvalue weighted by molar-refractivity contribution is 6.33. The van der Waals surface area contributed by atoms with Crippen LogP contribution in [0, 0.1) is 39.4 Å². The fourth-order valence-electron chi connectivity index (χ4n) is 1.50. The summed E-state index contributed by atoms with van der Waals surface area (Å²) in [6.45, 7) is 0. The van der Waals surface area contributed by atoms with Gasteiger partial charge in [-0.2, -0.15) is 15.8 Å². The van der Waals surface area contributed by atoms with Crippen LogP contribution in [0.15, 0.2) is 39.5 Å². The zero-order chi connectivity index (χ0) is 13.5. The maximum absolute atomic E-state index is 8.69. The van der Waals surface area contributed by atoms with E-state index in [2.05, 4.69) is 0 Å². The van der Waals surface area contributed by atoms with Crippen molar-refractivity contribution in [1.29, 1.82) is 21.2 Å². The normalized spacial score (nSPS) is 15.3. The summed E-state index contributed by atoms with van der Waals surface area (Å²) in [4.78, 5) is 0. The van der Waals surface area contributed by atoms with Crippen molar-refractivity contribution < 1.29 is 0 Å². The van der Waals surface area contributed by atoms with Gasteiger partial charge in [0.25, 0.3) is 0 Å². The van der Waals surface area contributed by atoms with Crippen LogP contribution in [0.25, 0.3) is 0 Å². The van der Waals surface area contributed by atoms with Crippen molar-refractivity contribution in [2.75, 3.05) is 0 Å². The minimum absolute atomic E-state index is 0.00694. The van der Waals surface area contributed by atoms with E-state index in [-0.39, 0.29) is 11.1 Å². The van der Waals surface area contributed by atoms with Crippen LogP contribution in [-0.2, 0) is 0 Å². The van der Waals surface area contributed by atoms with Crippen molar-refractivity contribution >= 4 is 17.5 Å². The molecule has 86 valence electrons. The second-order valence-corrected chi connectivity index (χ2v) is 3.82. The summed E-state index contributed by atoms with van der Waals surface area (Å²) in [6, 6.07) is 5.35. The fraction of sp³-hybridized carbons (Fsp3) is 0.154. The molecule has 0 aromatic carbocycles. The molecule has 0 aromatic heterocycles. The Morgan fingerprint density at radius 2 is 1.83 bits per heavy atom. The van der Waals surface area contributed by atoms with Crippen molar-refractivity contribution in [1.82, 2.24) is 0 Å². The fourth-order valence-corrected chi connectivity index (χ4v) is 1.80. The first-order chi connectivity index (χ1) is 8.65. The van der Waals surface area contributed by atoms with Gasteiger partial charge in [-0.3, -0.25) is 5.41 Å². The lowest BCUT2D eigenvalue weighted by Crippen LogP contribution is -1.80. The maximum Gasteiger partial charge on any atom is 0.130 e. The summed E-state index contributed by atoms with van der Waals surface area (Å²) in [5, 5.41) is 33.3. The molecule has 0 aliphatic heterocycles. The Hall–Kier alpha value is -2.57. The number of nitrogens with one attached hydrogen (secondary N) is 1. The van der Waals surface area contributed by atoms with Crippen LogP contribution in [0.4, 0.5) is 0 Å². The topological polar surface area (TPSA) is 95.2 Å². The number of rotatable bonds is 2. The lowest BCUT2D eigenvalue weighted by Gasteiger charge is -1.95. The Kier molecular flexibility index (Phi) is 4.67. The maximum atomic E-state index is 8.69. The quantitative estimate of drug-likeness (QED) is 0.606. The minimum Gasteiger partial charge on any atom is -0.258 e. The third-order valence-electron chi connectivity index (χ3n) is 2.36. The van der Waals surface area contributed by atoms with Crippen LogP contribution in [0.5, 0.6) is 0 Å². The smallest absolute Gasteiger partial charge is 0.130 e. The number of nitriles is 3. The minimum atomic E-state index is -0.00694. The summed E-state index contributed by atoms with van der Waals surface area (Å²) in [7, 11) is 0. The SMILES string of the molecule is N#CC(=C=N)/C=C1\CCC(C=C(C#N)C#N)=C1Cl. The zero-order valence-corrected chi connectivity index (χ0v) is 10.0. The Labute approximate surface area is 110 Å². The van der Waals surface area contributed by atoms with E-state index in [4.69, 9.17) is 32.8 Å². The van der Waals surface area contributed by atoms with Gasteiger partial charge in [0.15, 0.2) is 0 Å². The van der Waals surface area contributed by atoms with Crippen LogP contribution in [0.2, 0.25) is 0 Å². The van der Waals surface area contributed by atoms with E-state index in [0.29, 0.717) is 23.4 Å². The van der Waals surface area contributed by atoms with Crippen molar-refractivity contribution in [3.05, 3.63) is 39.5 Å². The third kappa shape index (κ3) is 2.97. The summed E-state index contributed by atoms with van der Waals surface area (Å²) in [5.74, 6) is 2.00. The molecule has 0 heterocycles. The molecule has 1 rings (SSSR count). The molecule has 1 aliphatic carbocycles. The van der Waals surface area contributed by atoms with E-state index >= 15 is 0 Å².